The first kappa shape index (κ1) is 22.9. The van der Waals surface area contributed by atoms with Crippen LogP contribution in [0.3, 0.4) is 0 Å². The maximum Gasteiger partial charge on any atom is 0.272 e. The van der Waals surface area contributed by atoms with Gasteiger partial charge in [0.05, 0.1) is 27.4 Å². The van der Waals surface area contributed by atoms with Crippen molar-refractivity contribution in [1.29, 1.82) is 0 Å². The van der Waals surface area contributed by atoms with Gasteiger partial charge in [0, 0.05) is 15.8 Å². The summed E-state index contributed by atoms with van der Waals surface area (Å²) in [5.41, 5.74) is 8.13. The molecule has 0 saturated heterocycles. The van der Waals surface area contributed by atoms with Gasteiger partial charge in [0.2, 0.25) is 0 Å². The Balaban J connectivity index is 1.70. The maximum atomic E-state index is 13.3. The van der Waals surface area contributed by atoms with Gasteiger partial charge in [-0.3, -0.25) is 4.79 Å². The number of carbonyl (C=O) groups is 1. The average Bonchev–Trinajstić information content (AvgIpc) is 3.27. The molecule has 2 aromatic carbocycles. The van der Waals surface area contributed by atoms with Crippen LogP contribution in [0.2, 0.25) is 0 Å². The fourth-order valence-electron chi connectivity index (χ4n) is 3.79. The molecule has 0 fully saturated rings. The Bertz CT molecular complexity index is 1300. The summed E-state index contributed by atoms with van der Waals surface area (Å²) in [4.78, 5) is 20.4. The highest BCUT2D eigenvalue weighted by atomic mass is 32.1. The number of hydrogen-bond acceptors (Lipinski definition) is 4. The van der Waals surface area contributed by atoms with Gasteiger partial charge in [-0.15, -0.1) is 11.3 Å². The molecular weight excluding hydrogens is 426 g/mol. The van der Waals surface area contributed by atoms with Crippen molar-refractivity contribution >= 4 is 33.9 Å². The van der Waals surface area contributed by atoms with Gasteiger partial charge < -0.3 is 0 Å². The summed E-state index contributed by atoms with van der Waals surface area (Å²) < 4.78 is 0. The minimum absolute atomic E-state index is 0.226. The standard InChI is InChI=1S/C28H29N3OS/c1-5-8-25(27-16-11-19(4)33-27)30-31-28(32)23-17-26(29-24-10-7-6-9-22(23)24)21-14-12-20(13-15-21)18(2)3/h6-7,9-18H,5,8H2,1-4H3,(H,31,32). The molecule has 0 atom stereocenters. The quantitative estimate of drug-likeness (QED) is 0.234. The second-order valence-corrected chi connectivity index (χ2v) is 9.80. The van der Waals surface area contributed by atoms with Gasteiger partial charge in [-0.05, 0) is 49.1 Å². The highest BCUT2D eigenvalue weighted by molar-refractivity contribution is 7.14. The third-order valence-electron chi connectivity index (χ3n) is 5.64. The number of nitrogens with zero attached hydrogens (tertiary/aromatic N) is 2. The number of para-hydroxylation sites is 1. The van der Waals surface area contributed by atoms with Crippen LogP contribution in [0.4, 0.5) is 0 Å². The number of nitrogens with one attached hydrogen (secondary N) is 1. The highest BCUT2D eigenvalue weighted by Crippen LogP contribution is 2.26. The lowest BCUT2D eigenvalue weighted by Crippen LogP contribution is -2.20. The SMILES string of the molecule is CCCC(=NNC(=O)c1cc(-c2ccc(C(C)C)cc2)nc2ccccc12)c1ccc(C)s1. The molecule has 2 heterocycles. The molecule has 1 amide bonds. The lowest BCUT2D eigenvalue weighted by molar-refractivity contribution is 0.0956. The van der Waals surface area contributed by atoms with E-state index in [4.69, 9.17) is 4.98 Å². The van der Waals surface area contributed by atoms with E-state index < -0.39 is 0 Å². The predicted molar refractivity (Wildman–Crippen MR) is 139 cm³/mol. The lowest BCUT2D eigenvalue weighted by Gasteiger charge is -2.11. The number of aromatic nitrogens is 1. The molecule has 5 heteroatoms. The number of thiophene rings is 1. The van der Waals surface area contributed by atoms with Crippen molar-refractivity contribution in [2.24, 2.45) is 5.10 Å². The van der Waals surface area contributed by atoms with Crippen molar-refractivity contribution < 1.29 is 4.79 Å². The third-order valence-corrected chi connectivity index (χ3v) is 6.69. The minimum atomic E-state index is -0.226. The van der Waals surface area contributed by atoms with Gasteiger partial charge in [-0.25, -0.2) is 10.4 Å². The van der Waals surface area contributed by atoms with Crippen molar-refractivity contribution in [2.45, 2.75) is 46.5 Å². The van der Waals surface area contributed by atoms with E-state index in [-0.39, 0.29) is 5.91 Å². The molecule has 0 unspecified atom stereocenters. The van der Waals surface area contributed by atoms with Crippen molar-refractivity contribution in [2.75, 3.05) is 0 Å². The smallest absolute Gasteiger partial charge is 0.267 e. The van der Waals surface area contributed by atoms with E-state index in [0.29, 0.717) is 11.5 Å². The summed E-state index contributed by atoms with van der Waals surface area (Å²) in [5, 5.41) is 5.34. The first-order valence-corrected chi connectivity index (χ1v) is 12.2. The van der Waals surface area contributed by atoms with Gasteiger partial charge in [0.1, 0.15) is 0 Å². The summed E-state index contributed by atoms with van der Waals surface area (Å²) >= 11 is 1.70. The number of fused-ring (bicyclic) bond motifs is 1. The number of aryl methyl sites for hydroxylation is 1. The van der Waals surface area contributed by atoms with E-state index in [2.05, 4.69) is 74.6 Å². The van der Waals surface area contributed by atoms with Crippen LogP contribution in [0.5, 0.6) is 0 Å². The molecule has 0 bridgehead atoms. The first-order valence-electron chi connectivity index (χ1n) is 11.4. The maximum absolute atomic E-state index is 13.3. The van der Waals surface area contributed by atoms with E-state index >= 15 is 0 Å². The fourth-order valence-corrected chi connectivity index (χ4v) is 4.67. The molecule has 4 aromatic rings. The van der Waals surface area contributed by atoms with E-state index in [0.717, 1.165) is 45.6 Å². The summed E-state index contributed by atoms with van der Waals surface area (Å²) in [6.07, 6.45) is 1.77. The monoisotopic (exact) mass is 455 g/mol. The predicted octanol–water partition coefficient (Wildman–Crippen LogP) is 7.33. The van der Waals surface area contributed by atoms with Gasteiger partial charge in [0.15, 0.2) is 0 Å². The Morgan fingerprint density at radius 1 is 1.06 bits per heavy atom. The van der Waals surface area contributed by atoms with Crippen LogP contribution < -0.4 is 5.43 Å². The van der Waals surface area contributed by atoms with E-state index in [1.165, 1.54) is 10.4 Å². The van der Waals surface area contributed by atoms with E-state index in [1.54, 1.807) is 11.3 Å². The van der Waals surface area contributed by atoms with Crippen molar-refractivity contribution in [3.8, 4) is 11.3 Å². The fraction of sp³-hybridized carbons (Fsp3) is 0.250. The van der Waals surface area contributed by atoms with Crippen LogP contribution in [0, 0.1) is 6.92 Å². The Kier molecular flexibility index (Phi) is 6.99. The molecule has 0 radical (unpaired) electrons. The molecule has 2 aromatic heterocycles. The van der Waals surface area contributed by atoms with E-state index in [9.17, 15) is 4.79 Å². The van der Waals surface area contributed by atoms with Gasteiger partial charge >= 0.3 is 0 Å². The molecule has 33 heavy (non-hydrogen) atoms. The Labute approximate surface area is 199 Å². The lowest BCUT2D eigenvalue weighted by atomic mass is 9.99. The zero-order valence-corrected chi connectivity index (χ0v) is 20.4. The van der Waals surface area contributed by atoms with Crippen LogP contribution in [-0.4, -0.2) is 16.6 Å². The second kappa shape index (κ2) is 10.1. The third kappa shape index (κ3) is 5.20. The largest absolute Gasteiger partial charge is 0.272 e. The first-order chi connectivity index (χ1) is 16.0. The zero-order valence-electron chi connectivity index (χ0n) is 19.6. The van der Waals surface area contributed by atoms with Crippen LogP contribution in [0.25, 0.3) is 22.2 Å². The molecule has 0 spiro atoms. The molecule has 1 N–H and O–H groups in total. The zero-order chi connectivity index (χ0) is 23.4. The molecule has 0 aliphatic rings. The minimum Gasteiger partial charge on any atom is -0.267 e. The van der Waals surface area contributed by atoms with Crippen molar-refractivity contribution in [3.63, 3.8) is 0 Å². The highest BCUT2D eigenvalue weighted by Gasteiger charge is 2.15. The van der Waals surface area contributed by atoms with Gasteiger partial charge in [-0.1, -0.05) is 69.7 Å². The van der Waals surface area contributed by atoms with Gasteiger partial charge in [-0.2, -0.15) is 5.10 Å². The summed E-state index contributed by atoms with van der Waals surface area (Å²) in [6, 6.07) is 22.2. The van der Waals surface area contributed by atoms with Gasteiger partial charge in [0.25, 0.3) is 5.91 Å². The Morgan fingerprint density at radius 3 is 2.48 bits per heavy atom. The summed E-state index contributed by atoms with van der Waals surface area (Å²) in [5.74, 6) is 0.239. The summed E-state index contributed by atoms with van der Waals surface area (Å²) in [6.45, 7) is 8.55. The topological polar surface area (TPSA) is 54.4 Å². The van der Waals surface area contributed by atoms with Crippen molar-refractivity contribution in [1.82, 2.24) is 10.4 Å². The number of amides is 1. The molecule has 0 aliphatic carbocycles. The van der Waals surface area contributed by atoms with Crippen LogP contribution >= 0.6 is 11.3 Å². The number of carbonyl (C=O) groups excluding carboxylic acids is 1. The second-order valence-electron chi connectivity index (χ2n) is 8.51. The molecular formula is C28H29N3OS. The molecule has 168 valence electrons. The molecule has 0 saturated carbocycles. The van der Waals surface area contributed by atoms with Crippen molar-refractivity contribution in [3.05, 3.63) is 87.6 Å². The normalized spacial score (nSPS) is 11.8. The Hall–Kier alpha value is -3.31. The van der Waals surface area contributed by atoms with Crippen LogP contribution in [0.15, 0.2) is 71.8 Å². The average molecular weight is 456 g/mol. The molecule has 0 aliphatic heterocycles. The Morgan fingerprint density at radius 2 is 1.82 bits per heavy atom. The molecule has 4 rings (SSSR count). The number of pyridine rings is 1. The summed E-state index contributed by atoms with van der Waals surface area (Å²) in [7, 11) is 0. The number of hydrazone groups is 1. The number of hydrogen-bond donors (Lipinski definition) is 1. The number of benzene rings is 2. The van der Waals surface area contributed by atoms with Crippen LogP contribution in [0.1, 0.15) is 65.2 Å². The van der Waals surface area contributed by atoms with Crippen LogP contribution in [-0.2, 0) is 0 Å². The molecule has 4 nitrogen and oxygen atoms in total. The number of rotatable bonds is 7. The van der Waals surface area contributed by atoms with E-state index in [1.807, 2.05) is 30.3 Å².